The van der Waals surface area contributed by atoms with Crippen molar-refractivity contribution in [2.45, 2.75) is 32.6 Å². The molecule has 0 atom stereocenters. The lowest BCUT2D eigenvalue weighted by atomic mass is 9.89. The molecule has 0 aromatic heterocycles. The second kappa shape index (κ2) is 6.48. The number of halogens is 1. The molecule has 0 heterocycles. The molecule has 1 fully saturated rings. The van der Waals surface area contributed by atoms with Crippen LogP contribution in [-0.4, -0.2) is 31.0 Å². The zero-order valence-corrected chi connectivity index (χ0v) is 10.9. The van der Waals surface area contributed by atoms with Crippen molar-refractivity contribution < 1.29 is 9.53 Å². The van der Waals surface area contributed by atoms with E-state index in [0.717, 1.165) is 11.9 Å². The topological polar surface area (TPSA) is 38.3 Å². The summed E-state index contributed by atoms with van der Waals surface area (Å²) in [5.74, 6) is 0.00377. The van der Waals surface area contributed by atoms with Crippen LogP contribution in [-0.2, 0) is 9.53 Å². The Morgan fingerprint density at radius 3 is 2.67 bits per heavy atom. The maximum Gasteiger partial charge on any atom is 0.246 e. The molecule has 0 aromatic rings. The minimum Gasteiger partial charge on any atom is -0.372 e. The Morgan fingerprint density at radius 1 is 1.47 bits per heavy atom. The van der Waals surface area contributed by atoms with E-state index < -0.39 is 0 Å². The number of hydrogen-bond acceptors (Lipinski definition) is 2. The number of carbonyl (C=O) groups is 1. The molecule has 0 radical (unpaired) electrons. The molecule has 0 aliphatic heterocycles. The summed E-state index contributed by atoms with van der Waals surface area (Å²) < 4.78 is 5.05. The largest absolute Gasteiger partial charge is 0.372 e. The molecule has 4 heteroatoms. The molecule has 1 amide bonds. The average Bonchev–Trinajstić information content (AvgIpc) is 2.73. The van der Waals surface area contributed by atoms with Gasteiger partial charge in [0, 0.05) is 18.5 Å². The van der Waals surface area contributed by atoms with Crippen LogP contribution in [0, 0.1) is 5.41 Å². The first-order chi connectivity index (χ1) is 7.22. The molecule has 0 saturated heterocycles. The van der Waals surface area contributed by atoms with E-state index in [1.165, 1.54) is 25.7 Å². The fraction of sp³-hybridized carbons (Fsp3) is 0.909. The molecule has 15 heavy (non-hydrogen) atoms. The predicted molar refractivity (Wildman–Crippen MR) is 64.2 cm³/mol. The molecule has 1 aliphatic carbocycles. The van der Waals surface area contributed by atoms with E-state index >= 15 is 0 Å². The number of nitrogens with one attached hydrogen (secondary N) is 1. The van der Waals surface area contributed by atoms with Crippen LogP contribution < -0.4 is 5.32 Å². The van der Waals surface area contributed by atoms with Gasteiger partial charge in [0.2, 0.25) is 5.91 Å². The molecular weight excluding hydrogens is 258 g/mol. The van der Waals surface area contributed by atoms with Crippen molar-refractivity contribution in [3.05, 3.63) is 0 Å². The van der Waals surface area contributed by atoms with Crippen LogP contribution in [0.5, 0.6) is 0 Å². The van der Waals surface area contributed by atoms with Crippen molar-refractivity contribution in [1.29, 1.82) is 0 Å². The summed E-state index contributed by atoms with van der Waals surface area (Å²) in [5, 5.41) is 3.94. The van der Waals surface area contributed by atoms with E-state index in [4.69, 9.17) is 4.74 Å². The van der Waals surface area contributed by atoms with Gasteiger partial charge in [0.05, 0.1) is 0 Å². The Bertz CT molecular complexity index is 203. The van der Waals surface area contributed by atoms with Crippen molar-refractivity contribution in [3.8, 4) is 0 Å². The quantitative estimate of drug-likeness (QED) is 0.756. The molecule has 0 unspecified atom stereocenters. The summed E-state index contributed by atoms with van der Waals surface area (Å²) in [4.78, 5) is 11.4. The normalized spacial score (nSPS) is 19.1. The maximum absolute atomic E-state index is 11.4. The van der Waals surface area contributed by atoms with Gasteiger partial charge in [0.1, 0.15) is 6.61 Å². The number of hydrogen-bond donors (Lipinski definition) is 1. The van der Waals surface area contributed by atoms with Crippen LogP contribution in [0.25, 0.3) is 0 Å². The molecule has 0 aromatic carbocycles. The van der Waals surface area contributed by atoms with Crippen molar-refractivity contribution in [2.24, 2.45) is 5.41 Å². The van der Waals surface area contributed by atoms with Crippen LogP contribution in [0.15, 0.2) is 0 Å². The van der Waals surface area contributed by atoms with Gasteiger partial charge in [-0.1, -0.05) is 28.8 Å². The molecule has 1 saturated carbocycles. The second-order valence-corrected chi connectivity index (χ2v) is 4.82. The number of alkyl halides is 1. The van der Waals surface area contributed by atoms with Gasteiger partial charge < -0.3 is 10.1 Å². The monoisotopic (exact) mass is 277 g/mol. The fourth-order valence-electron chi connectivity index (χ4n) is 2.01. The first-order valence-electron chi connectivity index (χ1n) is 5.63. The smallest absolute Gasteiger partial charge is 0.246 e. The predicted octanol–water partition coefficient (Wildman–Crippen LogP) is 2.09. The zero-order chi connectivity index (χ0) is 11.1. The minimum atomic E-state index is 0.00377. The molecule has 1 rings (SSSR count). The Morgan fingerprint density at radius 2 is 2.13 bits per heavy atom. The van der Waals surface area contributed by atoms with E-state index in [0.29, 0.717) is 12.0 Å². The lowest BCUT2D eigenvalue weighted by Gasteiger charge is -2.26. The third kappa shape index (κ3) is 4.11. The highest BCUT2D eigenvalue weighted by molar-refractivity contribution is 9.09. The van der Waals surface area contributed by atoms with Gasteiger partial charge >= 0.3 is 0 Å². The lowest BCUT2D eigenvalue weighted by Crippen LogP contribution is -2.38. The minimum absolute atomic E-state index is 0.00377. The highest BCUT2D eigenvalue weighted by Gasteiger charge is 2.32. The van der Waals surface area contributed by atoms with Crippen LogP contribution in [0.1, 0.15) is 32.6 Å². The number of rotatable bonds is 6. The summed E-state index contributed by atoms with van der Waals surface area (Å²) in [7, 11) is 0. The SMILES string of the molecule is CCOCC(=O)NCC1(CBr)CCCC1. The fourth-order valence-corrected chi connectivity index (χ4v) is 2.77. The number of ether oxygens (including phenoxy) is 1. The highest BCUT2D eigenvalue weighted by atomic mass is 79.9. The molecule has 88 valence electrons. The first-order valence-corrected chi connectivity index (χ1v) is 6.75. The van der Waals surface area contributed by atoms with Gasteiger partial charge in [-0.2, -0.15) is 0 Å². The summed E-state index contributed by atoms with van der Waals surface area (Å²) in [6, 6.07) is 0. The van der Waals surface area contributed by atoms with Crippen molar-refractivity contribution in [3.63, 3.8) is 0 Å². The number of carbonyl (C=O) groups excluding carboxylic acids is 1. The van der Waals surface area contributed by atoms with Crippen LogP contribution in [0.4, 0.5) is 0 Å². The highest BCUT2D eigenvalue weighted by Crippen LogP contribution is 2.38. The van der Waals surface area contributed by atoms with E-state index in [9.17, 15) is 4.79 Å². The van der Waals surface area contributed by atoms with E-state index in [-0.39, 0.29) is 12.5 Å². The molecule has 0 spiro atoms. The van der Waals surface area contributed by atoms with Gasteiger partial charge in [-0.05, 0) is 25.2 Å². The maximum atomic E-state index is 11.4. The molecule has 1 N–H and O–H groups in total. The lowest BCUT2D eigenvalue weighted by molar-refractivity contribution is -0.126. The van der Waals surface area contributed by atoms with Crippen LogP contribution in [0.2, 0.25) is 0 Å². The summed E-state index contributed by atoms with van der Waals surface area (Å²) >= 11 is 3.55. The van der Waals surface area contributed by atoms with Gasteiger partial charge in [-0.15, -0.1) is 0 Å². The zero-order valence-electron chi connectivity index (χ0n) is 9.35. The third-order valence-electron chi connectivity index (χ3n) is 3.05. The first kappa shape index (κ1) is 13.0. The van der Waals surface area contributed by atoms with Gasteiger partial charge in [0.25, 0.3) is 0 Å². The van der Waals surface area contributed by atoms with Gasteiger partial charge in [-0.3, -0.25) is 4.79 Å². The number of amides is 1. The van der Waals surface area contributed by atoms with Crippen molar-refractivity contribution in [1.82, 2.24) is 5.32 Å². The van der Waals surface area contributed by atoms with Crippen molar-refractivity contribution in [2.75, 3.05) is 25.1 Å². The summed E-state index contributed by atoms with van der Waals surface area (Å²) in [6.45, 7) is 3.46. The Kier molecular flexibility index (Phi) is 5.61. The third-order valence-corrected chi connectivity index (χ3v) is 4.24. The molecular formula is C11H20BrNO2. The summed E-state index contributed by atoms with van der Waals surface area (Å²) in [5.41, 5.74) is 0.294. The Balaban J connectivity index is 2.25. The van der Waals surface area contributed by atoms with E-state index in [1.807, 2.05) is 6.92 Å². The van der Waals surface area contributed by atoms with Crippen molar-refractivity contribution >= 4 is 21.8 Å². The van der Waals surface area contributed by atoms with Crippen LogP contribution >= 0.6 is 15.9 Å². The second-order valence-electron chi connectivity index (χ2n) is 4.25. The average molecular weight is 278 g/mol. The van der Waals surface area contributed by atoms with E-state index in [2.05, 4.69) is 21.2 Å². The van der Waals surface area contributed by atoms with Gasteiger partial charge in [0.15, 0.2) is 0 Å². The Hall–Kier alpha value is -0.0900. The standard InChI is InChI=1S/C11H20BrNO2/c1-2-15-7-10(14)13-9-11(8-12)5-3-4-6-11/h2-9H2,1H3,(H,13,14). The van der Waals surface area contributed by atoms with Gasteiger partial charge in [-0.25, -0.2) is 0 Å². The Labute approximate surface area is 100 Å². The summed E-state index contributed by atoms with van der Waals surface area (Å²) in [6.07, 6.45) is 5.00. The molecule has 1 aliphatic rings. The van der Waals surface area contributed by atoms with E-state index in [1.54, 1.807) is 0 Å². The molecule has 0 bridgehead atoms. The molecule has 3 nitrogen and oxygen atoms in total. The van der Waals surface area contributed by atoms with Crippen LogP contribution in [0.3, 0.4) is 0 Å².